The second kappa shape index (κ2) is 6.52. The molecule has 3 aromatic rings. The maximum Gasteiger partial charge on any atom is 0.233 e. The number of hydrogen-bond donors (Lipinski definition) is 1. The molecule has 4 atom stereocenters. The highest BCUT2D eigenvalue weighted by Gasteiger charge is 2.60. The summed E-state index contributed by atoms with van der Waals surface area (Å²) in [5, 5.41) is 22.8. The van der Waals surface area contributed by atoms with E-state index in [1.54, 1.807) is 41.3 Å². The van der Waals surface area contributed by atoms with Crippen LogP contribution in [0.4, 0.5) is 4.39 Å². The average molecular weight is 395 g/mol. The number of hydrogen-bond acceptors (Lipinski definition) is 6. The number of benzene rings is 1. The first-order valence-corrected chi connectivity index (χ1v) is 9.65. The summed E-state index contributed by atoms with van der Waals surface area (Å²) in [5.74, 6) is 0.530. The number of aromatic nitrogens is 4. The van der Waals surface area contributed by atoms with Crippen LogP contribution in [-0.4, -0.2) is 61.4 Å². The summed E-state index contributed by atoms with van der Waals surface area (Å²) >= 11 is 0. The van der Waals surface area contributed by atoms with Crippen molar-refractivity contribution in [3.8, 4) is 28.6 Å². The van der Waals surface area contributed by atoms with Gasteiger partial charge in [-0.25, -0.2) is 9.07 Å². The van der Waals surface area contributed by atoms with Crippen molar-refractivity contribution in [3.63, 3.8) is 0 Å². The number of likely N-dealkylation sites (tertiary alicyclic amines) is 1. The van der Waals surface area contributed by atoms with Gasteiger partial charge in [0.2, 0.25) is 5.88 Å². The molecule has 150 valence electrons. The molecule has 1 aromatic carbocycles. The highest BCUT2D eigenvalue weighted by Crippen LogP contribution is 2.48. The maximum absolute atomic E-state index is 14.9. The van der Waals surface area contributed by atoms with E-state index in [-0.39, 0.29) is 11.7 Å². The Kier molecular flexibility index (Phi) is 4.06. The van der Waals surface area contributed by atoms with Gasteiger partial charge in [-0.3, -0.25) is 4.90 Å². The van der Waals surface area contributed by atoms with Crippen molar-refractivity contribution in [1.82, 2.24) is 24.9 Å². The average Bonchev–Trinajstić information content (AvgIpc) is 3.40. The van der Waals surface area contributed by atoms with Crippen molar-refractivity contribution in [2.24, 2.45) is 5.92 Å². The fourth-order valence-corrected chi connectivity index (χ4v) is 4.57. The van der Waals surface area contributed by atoms with E-state index in [0.29, 0.717) is 17.1 Å². The summed E-state index contributed by atoms with van der Waals surface area (Å²) in [6.45, 7) is 2.77. The Hall–Kier alpha value is -3.00. The zero-order valence-electron chi connectivity index (χ0n) is 16.2. The van der Waals surface area contributed by atoms with E-state index in [1.807, 2.05) is 26.1 Å². The number of piperidine rings is 1. The normalized spacial score (nSPS) is 28.7. The summed E-state index contributed by atoms with van der Waals surface area (Å²) in [4.78, 5) is 2.08. The Bertz CT molecular complexity index is 1030. The second-order valence-electron chi connectivity index (χ2n) is 8.10. The van der Waals surface area contributed by atoms with Crippen LogP contribution in [0.5, 0.6) is 11.6 Å². The molecule has 1 aliphatic heterocycles. The summed E-state index contributed by atoms with van der Waals surface area (Å²) < 4.78 is 22.4. The number of phenolic OH excluding ortho intramolecular Hbond substituents is 1. The fraction of sp³-hybridized carbons (Fsp3) is 0.381. The van der Waals surface area contributed by atoms with Crippen molar-refractivity contribution >= 4 is 0 Å². The van der Waals surface area contributed by atoms with E-state index in [9.17, 15) is 9.50 Å². The minimum atomic E-state index is -1.06. The summed E-state index contributed by atoms with van der Waals surface area (Å²) in [7, 11) is 1.96. The smallest absolute Gasteiger partial charge is 0.233 e. The third kappa shape index (κ3) is 2.86. The van der Waals surface area contributed by atoms with Crippen molar-refractivity contribution in [1.29, 1.82) is 0 Å². The molecular weight excluding hydrogens is 373 g/mol. The molecule has 8 heteroatoms. The van der Waals surface area contributed by atoms with Crippen LogP contribution in [-0.2, 0) is 0 Å². The second-order valence-corrected chi connectivity index (χ2v) is 8.10. The molecule has 2 bridgehead atoms. The van der Waals surface area contributed by atoms with Gasteiger partial charge in [0, 0.05) is 42.6 Å². The molecular formula is C21H22FN5O2. The van der Waals surface area contributed by atoms with Gasteiger partial charge in [0.05, 0.1) is 16.9 Å². The highest BCUT2D eigenvalue weighted by atomic mass is 19.1. The molecule has 5 rings (SSSR count). The summed E-state index contributed by atoms with van der Waals surface area (Å²) in [5.41, 5.74) is 1.34. The van der Waals surface area contributed by atoms with E-state index in [0.717, 1.165) is 18.7 Å². The van der Waals surface area contributed by atoms with Crippen LogP contribution in [0.25, 0.3) is 16.9 Å². The summed E-state index contributed by atoms with van der Waals surface area (Å²) in [6, 6.07) is 10.4. The summed E-state index contributed by atoms with van der Waals surface area (Å²) in [6.07, 6.45) is 2.69. The highest BCUT2D eigenvalue weighted by molar-refractivity contribution is 5.68. The third-order valence-electron chi connectivity index (χ3n) is 6.33. The Labute approximate surface area is 167 Å². The van der Waals surface area contributed by atoms with Gasteiger partial charge in [0.25, 0.3) is 0 Å². The fourth-order valence-electron chi connectivity index (χ4n) is 4.57. The first-order valence-electron chi connectivity index (χ1n) is 9.65. The molecule has 2 aliphatic rings. The van der Waals surface area contributed by atoms with Crippen LogP contribution in [0.1, 0.15) is 13.3 Å². The number of ether oxygens (including phenoxy) is 1. The number of rotatable bonds is 4. The van der Waals surface area contributed by atoms with Gasteiger partial charge in [-0.1, -0.05) is 0 Å². The van der Waals surface area contributed by atoms with Gasteiger partial charge in [0.1, 0.15) is 11.9 Å². The minimum Gasteiger partial charge on any atom is -0.507 e. The van der Waals surface area contributed by atoms with Gasteiger partial charge in [-0.05, 0) is 44.7 Å². The Morgan fingerprint density at radius 3 is 2.72 bits per heavy atom. The lowest BCUT2D eigenvalue weighted by Crippen LogP contribution is -2.54. The Morgan fingerprint density at radius 1 is 1.24 bits per heavy atom. The monoisotopic (exact) mass is 395 g/mol. The Morgan fingerprint density at radius 2 is 2.10 bits per heavy atom. The number of phenols is 1. The molecule has 0 radical (unpaired) electrons. The van der Waals surface area contributed by atoms with Crippen LogP contribution in [0, 0.1) is 5.92 Å². The molecule has 2 aromatic heterocycles. The number of alkyl halides is 1. The van der Waals surface area contributed by atoms with E-state index < -0.39 is 17.8 Å². The quantitative estimate of drug-likeness (QED) is 0.732. The van der Waals surface area contributed by atoms with Crippen LogP contribution in [0.3, 0.4) is 0 Å². The van der Waals surface area contributed by atoms with Gasteiger partial charge >= 0.3 is 0 Å². The first-order chi connectivity index (χ1) is 14.0. The number of fused-ring (bicyclic) bond motifs is 2. The first kappa shape index (κ1) is 18.1. The molecule has 1 saturated heterocycles. The SMILES string of the molecule is CN1CC2C[C@@]1(C)[C@@H](F)[C@H]2Oc1ccc(-c2ccc(-n3cccn3)cc2O)nn1. The van der Waals surface area contributed by atoms with Gasteiger partial charge in [0.15, 0.2) is 6.17 Å². The molecule has 1 unspecified atom stereocenters. The lowest BCUT2D eigenvalue weighted by Gasteiger charge is -2.38. The van der Waals surface area contributed by atoms with Crippen molar-refractivity contribution in [3.05, 3.63) is 48.8 Å². The van der Waals surface area contributed by atoms with E-state index >= 15 is 0 Å². The lowest BCUT2D eigenvalue weighted by atomic mass is 9.97. The molecule has 1 saturated carbocycles. The number of halogens is 1. The van der Waals surface area contributed by atoms with Crippen LogP contribution in [0.15, 0.2) is 48.8 Å². The van der Waals surface area contributed by atoms with Gasteiger partial charge in [-0.15, -0.1) is 10.2 Å². The zero-order valence-corrected chi connectivity index (χ0v) is 16.2. The predicted octanol–water partition coefficient (Wildman–Crippen LogP) is 2.84. The Balaban J connectivity index is 1.34. The number of aromatic hydroxyl groups is 1. The largest absolute Gasteiger partial charge is 0.507 e. The van der Waals surface area contributed by atoms with Crippen LogP contribution < -0.4 is 4.74 Å². The third-order valence-corrected chi connectivity index (χ3v) is 6.33. The molecule has 29 heavy (non-hydrogen) atoms. The lowest BCUT2D eigenvalue weighted by molar-refractivity contribution is -0.0143. The molecule has 0 spiro atoms. The predicted molar refractivity (Wildman–Crippen MR) is 105 cm³/mol. The van der Waals surface area contributed by atoms with Crippen molar-refractivity contribution in [2.45, 2.75) is 31.2 Å². The van der Waals surface area contributed by atoms with E-state index in [1.165, 1.54) is 0 Å². The maximum atomic E-state index is 14.9. The standard InChI is InChI=1S/C21H22FN5O2/c1-21-11-13(12-26(21)2)19(20(21)22)29-18-7-6-16(24-25-18)15-5-4-14(10-17(15)28)27-9-3-8-23-27/h3-10,13,19-20,28H,11-12H2,1-2H3/t13?,19-,20-,21-/m0/s1. The van der Waals surface area contributed by atoms with Crippen molar-refractivity contribution in [2.75, 3.05) is 13.6 Å². The van der Waals surface area contributed by atoms with E-state index in [2.05, 4.69) is 20.2 Å². The molecule has 2 fully saturated rings. The molecule has 1 aliphatic carbocycles. The molecule has 3 heterocycles. The minimum absolute atomic E-state index is 0.0776. The zero-order chi connectivity index (χ0) is 20.2. The van der Waals surface area contributed by atoms with Crippen LogP contribution >= 0.6 is 0 Å². The number of nitrogens with zero attached hydrogens (tertiary/aromatic N) is 5. The van der Waals surface area contributed by atoms with Gasteiger partial charge in [-0.2, -0.15) is 5.10 Å². The molecule has 0 amide bonds. The van der Waals surface area contributed by atoms with Crippen molar-refractivity contribution < 1.29 is 14.2 Å². The van der Waals surface area contributed by atoms with Crippen LogP contribution in [0.2, 0.25) is 0 Å². The van der Waals surface area contributed by atoms with E-state index in [4.69, 9.17) is 4.74 Å². The topological polar surface area (TPSA) is 76.3 Å². The van der Waals surface area contributed by atoms with Gasteiger partial charge < -0.3 is 9.84 Å². The molecule has 7 nitrogen and oxygen atoms in total. The molecule has 1 N–H and O–H groups in total.